The Balaban J connectivity index is 1.88. The van der Waals surface area contributed by atoms with Crippen LogP contribution in [0.4, 0.5) is 5.95 Å². The molecule has 0 atom stereocenters. The predicted octanol–water partition coefficient (Wildman–Crippen LogP) is 1.85. The van der Waals surface area contributed by atoms with E-state index in [9.17, 15) is 9.90 Å². The lowest BCUT2D eigenvalue weighted by atomic mass is 9.88. The zero-order valence-electron chi connectivity index (χ0n) is 14.2. The topological polar surface area (TPSA) is 69.6 Å². The van der Waals surface area contributed by atoms with Crippen LogP contribution in [-0.4, -0.2) is 57.7 Å². The van der Waals surface area contributed by atoms with Gasteiger partial charge in [0, 0.05) is 38.6 Å². The summed E-state index contributed by atoms with van der Waals surface area (Å²) < 4.78 is 0. The molecule has 1 amide bonds. The normalized spacial score (nSPS) is 15.8. The van der Waals surface area contributed by atoms with E-state index in [4.69, 9.17) is 0 Å². The van der Waals surface area contributed by atoms with Crippen LogP contribution in [0.15, 0.2) is 18.5 Å². The van der Waals surface area contributed by atoms with Crippen LogP contribution in [0.5, 0.6) is 0 Å². The Bertz CT molecular complexity index is 481. The summed E-state index contributed by atoms with van der Waals surface area (Å²) in [4.78, 5) is 25.0. The van der Waals surface area contributed by atoms with Crippen molar-refractivity contribution < 1.29 is 9.90 Å². The summed E-state index contributed by atoms with van der Waals surface area (Å²) in [6.07, 6.45) is 6.85. The zero-order chi connectivity index (χ0) is 16.7. The van der Waals surface area contributed by atoms with E-state index in [0.717, 1.165) is 25.9 Å². The fraction of sp³-hybridized carbons (Fsp3) is 0.706. The number of rotatable bonds is 7. The van der Waals surface area contributed by atoms with Gasteiger partial charge in [0.25, 0.3) is 0 Å². The Hall–Kier alpha value is -1.69. The Morgan fingerprint density at radius 2 is 1.70 bits per heavy atom. The lowest BCUT2D eigenvalue weighted by Gasteiger charge is -2.36. The monoisotopic (exact) mass is 320 g/mol. The third-order valence-corrected chi connectivity index (χ3v) is 4.38. The van der Waals surface area contributed by atoms with Crippen LogP contribution in [0, 0.1) is 0 Å². The first kappa shape index (κ1) is 17.7. The van der Waals surface area contributed by atoms with Gasteiger partial charge in [0.05, 0.1) is 12.0 Å². The molecule has 1 aliphatic heterocycles. The van der Waals surface area contributed by atoms with Crippen molar-refractivity contribution in [3.05, 3.63) is 18.5 Å². The summed E-state index contributed by atoms with van der Waals surface area (Å²) in [6.45, 7) is 6.87. The Kier molecular flexibility index (Phi) is 6.33. The van der Waals surface area contributed by atoms with E-state index in [1.807, 2.05) is 18.7 Å². The smallest absolute Gasteiger partial charge is 0.225 e. The number of hydrogen-bond donors (Lipinski definition) is 1. The van der Waals surface area contributed by atoms with Crippen LogP contribution >= 0.6 is 0 Å². The number of piperazine rings is 1. The second-order valence-corrected chi connectivity index (χ2v) is 6.32. The van der Waals surface area contributed by atoms with Gasteiger partial charge in [-0.3, -0.25) is 4.79 Å². The first-order chi connectivity index (χ1) is 11.1. The molecule has 2 heterocycles. The summed E-state index contributed by atoms with van der Waals surface area (Å²) in [7, 11) is 0. The third-order valence-electron chi connectivity index (χ3n) is 4.38. The minimum absolute atomic E-state index is 0.0584. The number of carbonyl (C=O) groups is 1. The second kappa shape index (κ2) is 8.24. The van der Waals surface area contributed by atoms with Gasteiger partial charge in [-0.15, -0.1) is 0 Å². The molecule has 0 aromatic carbocycles. The maximum Gasteiger partial charge on any atom is 0.225 e. The van der Waals surface area contributed by atoms with Crippen molar-refractivity contribution in [2.75, 3.05) is 31.1 Å². The quantitative estimate of drug-likeness (QED) is 0.830. The van der Waals surface area contributed by atoms with E-state index in [1.165, 1.54) is 0 Å². The largest absolute Gasteiger partial charge is 0.389 e. The van der Waals surface area contributed by atoms with Crippen molar-refractivity contribution in [3.8, 4) is 0 Å². The van der Waals surface area contributed by atoms with Gasteiger partial charge in [-0.1, -0.05) is 26.7 Å². The van der Waals surface area contributed by atoms with Crippen LogP contribution in [0.1, 0.15) is 46.0 Å². The molecule has 1 aromatic heterocycles. The lowest BCUT2D eigenvalue weighted by Crippen LogP contribution is -2.50. The van der Waals surface area contributed by atoms with E-state index < -0.39 is 5.60 Å². The Morgan fingerprint density at radius 3 is 2.22 bits per heavy atom. The highest BCUT2D eigenvalue weighted by molar-refractivity contribution is 5.77. The maximum atomic E-state index is 12.5. The van der Waals surface area contributed by atoms with Crippen LogP contribution in [-0.2, 0) is 4.79 Å². The fourth-order valence-electron chi connectivity index (χ4n) is 3.24. The van der Waals surface area contributed by atoms with Crippen LogP contribution in [0.25, 0.3) is 0 Å². The molecule has 6 heteroatoms. The lowest BCUT2D eigenvalue weighted by molar-refractivity contribution is -0.137. The Morgan fingerprint density at radius 1 is 1.13 bits per heavy atom. The molecule has 0 bridgehead atoms. The van der Waals surface area contributed by atoms with E-state index in [2.05, 4.69) is 14.9 Å². The highest BCUT2D eigenvalue weighted by Crippen LogP contribution is 2.25. The average Bonchev–Trinajstić information content (AvgIpc) is 2.56. The summed E-state index contributed by atoms with van der Waals surface area (Å²) in [6, 6.07) is 1.80. The fourth-order valence-corrected chi connectivity index (χ4v) is 3.24. The molecule has 0 spiro atoms. The van der Waals surface area contributed by atoms with E-state index >= 15 is 0 Å². The Labute approximate surface area is 138 Å². The molecule has 1 saturated heterocycles. The number of nitrogens with zero attached hydrogens (tertiary/aromatic N) is 4. The number of amides is 1. The minimum Gasteiger partial charge on any atom is -0.389 e. The molecule has 128 valence electrons. The van der Waals surface area contributed by atoms with Crippen LogP contribution in [0.3, 0.4) is 0 Å². The average molecular weight is 320 g/mol. The first-order valence-corrected chi connectivity index (χ1v) is 8.60. The van der Waals surface area contributed by atoms with Gasteiger partial charge in [-0.25, -0.2) is 9.97 Å². The summed E-state index contributed by atoms with van der Waals surface area (Å²) in [5.74, 6) is 0.774. The molecular weight excluding hydrogens is 292 g/mol. The minimum atomic E-state index is -0.847. The molecule has 2 rings (SSSR count). The van der Waals surface area contributed by atoms with E-state index in [-0.39, 0.29) is 12.3 Å². The second-order valence-electron chi connectivity index (χ2n) is 6.32. The SMILES string of the molecule is CCCC(O)(CCC)CC(=O)N1CCN(c2ncccn2)CC1. The third kappa shape index (κ3) is 4.89. The van der Waals surface area contributed by atoms with Gasteiger partial charge >= 0.3 is 0 Å². The van der Waals surface area contributed by atoms with Crippen molar-refractivity contribution in [2.45, 2.75) is 51.6 Å². The zero-order valence-corrected chi connectivity index (χ0v) is 14.2. The van der Waals surface area contributed by atoms with Gasteiger partial charge < -0.3 is 14.9 Å². The van der Waals surface area contributed by atoms with E-state index in [1.54, 1.807) is 18.5 Å². The number of anilines is 1. The number of hydrogen-bond acceptors (Lipinski definition) is 5. The van der Waals surface area contributed by atoms with Gasteiger partial charge in [0.15, 0.2) is 0 Å². The van der Waals surface area contributed by atoms with Gasteiger partial charge in [0.1, 0.15) is 0 Å². The van der Waals surface area contributed by atoms with Crippen molar-refractivity contribution in [2.24, 2.45) is 0 Å². The highest BCUT2D eigenvalue weighted by Gasteiger charge is 2.31. The highest BCUT2D eigenvalue weighted by atomic mass is 16.3. The molecule has 1 aromatic rings. The summed E-state index contributed by atoms with van der Waals surface area (Å²) >= 11 is 0. The van der Waals surface area contributed by atoms with Crippen molar-refractivity contribution in [1.82, 2.24) is 14.9 Å². The molecule has 1 aliphatic rings. The number of aromatic nitrogens is 2. The molecule has 0 aliphatic carbocycles. The standard InChI is InChI=1S/C17H28N4O2/c1-3-6-17(23,7-4-2)14-15(22)20-10-12-21(13-11-20)16-18-8-5-9-19-16/h5,8-9,23H,3-4,6-7,10-14H2,1-2H3. The molecule has 23 heavy (non-hydrogen) atoms. The van der Waals surface area contributed by atoms with Crippen LogP contribution in [0.2, 0.25) is 0 Å². The molecular formula is C17H28N4O2. The maximum absolute atomic E-state index is 12.5. The van der Waals surface area contributed by atoms with Gasteiger partial charge in [0.2, 0.25) is 11.9 Å². The molecule has 0 radical (unpaired) electrons. The number of carbonyl (C=O) groups excluding carboxylic acids is 1. The van der Waals surface area contributed by atoms with Crippen molar-refractivity contribution >= 4 is 11.9 Å². The van der Waals surface area contributed by atoms with Crippen molar-refractivity contribution in [1.29, 1.82) is 0 Å². The molecule has 0 saturated carbocycles. The van der Waals surface area contributed by atoms with Gasteiger partial charge in [-0.05, 0) is 18.9 Å². The predicted molar refractivity (Wildman–Crippen MR) is 90.2 cm³/mol. The molecule has 1 N–H and O–H groups in total. The summed E-state index contributed by atoms with van der Waals surface area (Å²) in [5, 5.41) is 10.7. The molecule has 0 unspecified atom stereocenters. The van der Waals surface area contributed by atoms with Gasteiger partial charge in [-0.2, -0.15) is 0 Å². The first-order valence-electron chi connectivity index (χ1n) is 8.60. The van der Waals surface area contributed by atoms with Crippen LogP contribution < -0.4 is 4.90 Å². The van der Waals surface area contributed by atoms with Crippen molar-refractivity contribution in [3.63, 3.8) is 0 Å². The summed E-state index contributed by atoms with van der Waals surface area (Å²) in [5.41, 5.74) is -0.847. The molecule has 6 nitrogen and oxygen atoms in total. The van der Waals surface area contributed by atoms with E-state index in [0.29, 0.717) is 31.9 Å². The number of aliphatic hydroxyl groups is 1. The molecule has 1 fully saturated rings.